The molecule has 0 saturated carbocycles. The van der Waals surface area contributed by atoms with Crippen molar-refractivity contribution in [2.75, 3.05) is 19.0 Å². The quantitative estimate of drug-likeness (QED) is 0.360. The number of rotatable bonds is 8. The molecule has 0 aliphatic rings. The van der Waals surface area contributed by atoms with E-state index in [1.807, 2.05) is 12.1 Å². The molecule has 2 N–H and O–H groups in total. The molecule has 0 fully saturated rings. The van der Waals surface area contributed by atoms with Crippen molar-refractivity contribution in [3.05, 3.63) is 108 Å². The van der Waals surface area contributed by atoms with E-state index >= 15 is 0 Å². The van der Waals surface area contributed by atoms with Gasteiger partial charge in [0.15, 0.2) is 0 Å². The highest BCUT2D eigenvalue weighted by molar-refractivity contribution is 5.95. The Morgan fingerprint density at radius 3 is 2.46 bits per heavy atom. The Balaban J connectivity index is 1.37. The van der Waals surface area contributed by atoms with Gasteiger partial charge in [-0.2, -0.15) is 0 Å². The first-order chi connectivity index (χ1) is 17.0. The summed E-state index contributed by atoms with van der Waals surface area (Å²) in [7, 11) is 1.34. The number of nitrogens with zero attached hydrogens (tertiary/aromatic N) is 2. The lowest BCUT2D eigenvalue weighted by molar-refractivity contribution is 0.0599. The van der Waals surface area contributed by atoms with Gasteiger partial charge in [-0.15, -0.1) is 0 Å². The Bertz CT molecular complexity index is 1340. The van der Waals surface area contributed by atoms with Crippen molar-refractivity contribution in [1.29, 1.82) is 0 Å². The van der Waals surface area contributed by atoms with Gasteiger partial charge in [-0.25, -0.2) is 19.2 Å². The fourth-order valence-electron chi connectivity index (χ4n) is 3.54. The van der Waals surface area contributed by atoms with Crippen molar-refractivity contribution in [2.24, 2.45) is 0 Å². The molecule has 3 aromatic carbocycles. The van der Waals surface area contributed by atoms with Crippen molar-refractivity contribution in [3.63, 3.8) is 0 Å². The van der Waals surface area contributed by atoms with Crippen LogP contribution >= 0.6 is 0 Å². The van der Waals surface area contributed by atoms with Crippen molar-refractivity contribution in [1.82, 2.24) is 15.3 Å². The minimum absolute atomic E-state index is 0.244. The molecular weight excluding hydrogens is 447 g/mol. The minimum atomic E-state index is -0.406. The molecule has 7 nitrogen and oxygen atoms in total. The summed E-state index contributed by atoms with van der Waals surface area (Å²) >= 11 is 0. The molecule has 1 aromatic heterocycles. The van der Waals surface area contributed by atoms with Crippen LogP contribution in [0.5, 0.6) is 0 Å². The SMILES string of the molecule is COC(=O)c1ccccc1CCNC(=O)c1cccc(Nc2ncc(-c3cccc(F)c3)cn2)c1. The van der Waals surface area contributed by atoms with Gasteiger partial charge in [-0.1, -0.05) is 36.4 Å². The average Bonchev–Trinajstić information content (AvgIpc) is 2.89. The van der Waals surface area contributed by atoms with E-state index in [0.717, 1.165) is 5.56 Å². The van der Waals surface area contributed by atoms with E-state index in [-0.39, 0.29) is 11.7 Å². The lowest BCUT2D eigenvalue weighted by Gasteiger charge is -2.10. The number of halogens is 1. The zero-order valence-corrected chi connectivity index (χ0v) is 19.0. The summed E-state index contributed by atoms with van der Waals surface area (Å²) < 4.78 is 18.3. The highest BCUT2D eigenvalue weighted by atomic mass is 19.1. The highest BCUT2D eigenvalue weighted by Crippen LogP contribution is 2.20. The van der Waals surface area contributed by atoms with E-state index in [2.05, 4.69) is 20.6 Å². The van der Waals surface area contributed by atoms with E-state index in [1.54, 1.807) is 60.9 Å². The van der Waals surface area contributed by atoms with Crippen LogP contribution in [0.15, 0.2) is 85.2 Å². The van der Waals surface area contributed by atoms with Gasteiger partial charge in [0.05, 0.1) is 12.7 Å². The topological polar surface area (TPSA) is 93.2 Å². The molecule has 1 heterocycles. The van der Waals surface area contributed by atoms with Gasteiger partial charge in [-0.05, 0) is 53.9 Å². The number of benzene rings is 3. The van der Waals surface area contributed by atoms with Crippen LogP contribution < -0.4 is 10.6 Å². The molecule has 35 heavy (non-hydrogen) atoms. The Hall–Kier alpha value is -4.59. The first kappa shape index (κ1) is 23.6. The van der Waals surface area contributed by atoms with Crippen LogP contribution in [0.2, 0.25) is 0 Å². The second-order valence-corrected chi connectivity index (χ2v) is 7.67. The Morgan fingerprint density at radius 1 is 0.914 bits per heavy atom. The largest absolute Gasteiger partial charge is 0.465 e. The Kier molecular flexibility index (Phi) is 7.42. The van der Waals surface area contributed by atoms with Gasteiger partial charge in [-0.3, -0.25) is 4.79 Å². The third-order valence-electron chi connectivity index (χ3n) is 5.29. The van der Waals surface area contributed by atoms with E-state index in [1.165, 1.54) is 19.2 Å². The minimum Gasteiger partial charge on any atom is -0.465 e. The van der Waals surface area contributed by atoms with Gasteiger partial charge >= 0.3 is 5.97 Å². The highest BCUT2D eigenvalue weighted by Gasteiger charge is 2.12. The summed E-state index contributed by atoms with van der Waals surface area (Å²) in [5.74, 6) is -0.627. The summed E-state index contributed by atoms with van der Waals surface area (Å²) in [6.07, 6.45) is 3.69. The number of carbonyl (C=O) groups excluding carboxylic acids is 2. The molecule has 0 unspecified atom stereocenters. The molecular formula is C27H23FN4O3. The monoisotopic (exact) mass is 470 g/mol. The van der Waals surface area contributed by atoms with E-state index in [4.69, 9.17) is 4.74 Å². The molecule has 176 valence electrons. The normalized spacial score (nSPS) is 10.5. The van der Waals surface area contributed by atoms with Crippen molar-refractivity contribution < 1.29 is 18.7 Å². The first-order valence-electron chi connectivity index (χ1n) is 10.9. The second-order valence-electron chi connectivity index (χ2n) is 7.67. The van der Waals surface area contributed by atoms with Gasteiger partial charge in [0, 0.05) is 35.8 Å². The first-order valence-corrected chi connectivity index (χ1v) is 10.9. The van der Waals surface area contributed by atoms with Crippen molar-refractivity contribution >= 4 is 23.5 Å². The summed E-state index contributed by atoms with van der Waals surface area (Å²) in [5.41, 5.74) is 3.77. The zero-order chi connectivity index (χ0) is 24.6. The smallest absolute Gasteiger partial charge is 0.338 e. The van der Waals surface area contributed by atoms with E-state index in [0.29, 0.717) is 46.9 Å². The van der Waals surface area contributed by atoms with Crippen LogP contribution in [-0.2, 0) is 11.2 Å². The lowest BCUT2D eigenvalue weighted by atomic mass is 10.0. The Morgan fingerprint density at radius 2 is 1.69 bits per heavy atom. The summed E-state index contributed by atoms with van der Waals surface area (Å²) in [5, 5.41) is 5.94. The summed E-state index contributed by atoms with van der Waals surface area (Å²) in [4.78, 5) is 33.1. The molecule has 1 amide bonds. The molecule has 0 bridgehead atoms. The molecule has 0 aliphatic heterocycles. The molecule has 4 aromatic rings. The number of nitrogens with one attached hydrogen (secondary N) is 2. The molecule has 4 rings (SSSR count). The molecule has 0 aliphatic carbocycles. The van der Waals surface area contributed by atoms with Gasteiger partial charge in [0.25, 0.3) is 5.91 Å². The molecule has 8 heteroatoms. The average molecular weight is 471 g/mol. The predicted molar refractivity (Wildman–Crippen MR) is 131 cm³/mol. The fraction of sp³-hybridized carbons (Fsp3) is 0.111. The second kappa shape index (κ2) is 11.0. The van der Waals surface area contributed by atoms with Gasteiger partial charge < -0.3 is 15.4 Å². The fourth-order valence-corrected chi connectivity index (χ4v) is 3.54. The molecule has 0 atom stereocenters. The number of aromatic nitrogens is 2. The predicted octanol–water partition coefficient (Wildman–Crippen LogP) is 4.79. The lowest BCUT2D eigenvalue weighted by Crippen LogP contribution is -2.26. The number of hydrogen-bond donors (Lipinski definition) is 2. The molecule has 0 radical (unpaired) electrons. The van der Waals surface area contributed by atoms with Crippen molar-refractivity contribution in [3.8, 4) is 11.1 Å². The van der Waals surface area contributed by atoms with Gasteiger partial charge in [0.1, 0.15) is 5.82 Å². The van der Waals surface area contributed by atoms with E-state index < -0.39 is 5.97 Å². The number of anilines is 2. The van der Waals surface area contributed by atoms with Crippen LogP contribution in [0.4, 0.5) is 16.0 Å². The molecule has 0 saturated heterocycles. The maximum atomic E-state index is 13.4. The third kappa shape index (κ3) is 6.05. The Labute approximate surface area is 202 Å². The standard InChI is InChI=1S/C27H23FN4O3/c1-35-26(34)24-11-3-2-6-18(24)12-13-29-25(33)20-8-5-10-23(15-20)32-27-30-16-21(17-31-27)19-7-4-9-22(28)14-19/h2-11,14-17H,12-13H2,1H3,(H,29,33)(H,30,31,32). The van der Waals surface area contributed by atoms with Crippen LogP contribution in [-0.4, -0.2) is 35.5 Å². The van der Waals surface area contributed by atoms with Crippen molar-refractivity contribution in [2.45, 2.75) is 6.42 Å². The van der Waals surface area contributed by atoms with Crippen LogP contribution in [0.25, 0.3) is 11.1 Å². The van der Waals surface area contributed by atoms with Crippen LogP contribution in [0, 0.1) is 5.82 Å². The maximum absolute atomic E-state index is 13.4. The summed E-state index contributed by atoms with van der Waals surface area (Å²) in [6, 6.07) is 20.3. The van der Waals surface area contributed by atoms with E-state index in [9.17, 15) is 14.0 Å². The summed E-state index contributed by atoms with van der Waals surface area (Å²) in [6.45, 7) is 0.356. The third-order valence-corrected chi connectivity index (χ3v) is 5.29. The van der Waals surface area contributed by atoms with Gasteiger partial charge in [0.2, 0.25) is 5.95 Å². The molecule has 0 spiro atoms. The number of ether oxygens (including phenoxy) is 1. The number of esters is 1. The van der Waals surface area contributed by atoms with Crippen LogP contribution in [0.3, 0.4) is 0 Å². The zero-order valence-electron chi connectivity index (χ0n) is 19.0. The number of carbonyl (C=O) groups is 2. The van der Waals surface area contributed by atoms with Crippen LogP contribution in [0.1, 0.15) is 26.3 Å². The number of methoxy groups -OCH3 is 1. The maximum Gasteiger partial charge on any atom is 0.338 e. The number of hydrogen-bond acceptors (Lipinski definition) is 6. The number of amides is 1.